The van der Waals surface area contributed by atoms with Crippen LogP contribution >= 0.6 is 11.3 Å². The molecule has 3 aromatic carbocycles. The number of carbonyl (C=O) groups excluding carboxylic acids is 1. The first-order valence-corrected chi connectivity index (χ1v) is 12.6. The highest BCUT2D eigenvalue weighted by Crippen LogP contribution is 2.28. The van der Waals surface area contributed by atoms with Crippen LogP contribution < -0.4 is 10.6 Å². The van der Waals surface area contributed by atoms with Gasteiger partial charge in [0.15, 0.2) is 0 Å². The molecule has 2 N–H and O–H groups in total. The zero-order valence-corrected chi connectivity index (χ0v) is 19.5. The molecule has 0 unspecified atom stereocenters. The van der Waals surface area contributed by atoms with Crippen molar-refractivity contribution in [2.24, 2.45) is 0 Å². The first-order valence-electron chi connectivity index (χ1n) is 10.4. The van der Waals surface area contributed by atoms with Gasteiger partial charge < -0.3 is 5.32 Å². The van der Waals surface area contributed by atoms with E-state index in [1.165, 1.54) is 34.6 Å². The fraction of sp³-hybridized carbons (Fsp3) is 0.125. The van der Waals surface area contributed by atoms with Crippen LogP contribution in [0.4, 0.5) is 14.1 Å². The average molecular weight is 497 g/mol. The molecule has 0 radical (unpaired) electrons. The molecule has 7 nitrogen and oxygen atoms in total. The molecule has 1 heterocycles. The molecule has 0 aliphatic rings. The molecular formula is C24H21FN4O3S2. The molecule has 1 amide bonds. The monoisotopic (exact) mass is 496 g/mol. The number of nitrogens with zero attached hydrogens (tertiary/aromatic N) is 2. The molecule has 1 aromatic heterocycles. The van der Waals surface area contributed by atoms with Gasteiger partial charge in [0.2, 0.25) is 10.3 Å². The molecule has 34 heavy (non-hydrogen) atoms. The summed E-state index contributed by atoms with van der Waals surface area (Å²) in [6, 6.07) is 25.1. The van der Waals surface area contributed by atoms with Gasteiger partial charge in [0, 0.05) is 18.0 Å². The first kappa shape index (κ1) is 23.5. The summed E-state index contributed by atoms with van der Waals surface area (Å²) in [7, 11) is -4.81. The van der Waals surface area contributed by atoms with E-state index in [1.807, 2.05) is 36.4 Å². The lowest BCUT2D eigenvalue weighted by molar-refractivity contribution is 0.102. The van der Waals surface area contributed by atoms with Crippen LogP contribution in [-0.4, -0.2) is 31.1 Å². The van der Waals surface area contributed by atoms with Crippen LogP contribution in [0.5, 0.6) is 0 Å². The average Bonchev–Trinajstić information content (AvgIpc) is 3.29. The SMILES string of the molecule is O=C(Nc1nnc(NCCC(c2ccccc2)c2ccccc2)s1)c1ccc(S(=O)(=O)F)cc1. The Morgan fingerprint density at radius 1 is 0.853 bits per heavy atom. The Hall–Kier alpha value is -3.63. The number of anilines is 2. The Kier molecular flexibility index (Phi) is 7.29. The summed E-state index contributed by atoms with van der Waals surface area (Å²) in [4.78, 5) is 11.9. The van der Waals surface area contributed by atoms with Crippen molar-refractivity contribution in [2.45, 2.75) is 17.2 Å². The molecule has 4 aromatic rings. The minimum atomic E-state index is -4.81. The summed E-state index contributed by atoms with van der Waals surface area (Å²) in [6.07, 6.45) is 0.832. The van der Waals surface area contributed by atoms with Gasteiger partial charge in [0.25, 0.3) is 5.91 Å². The fourth-order valence-corrected chi connectivity index (χ4v) is 4.63. The van der Waals surface area contributed by atoms with E-state index in [0.29, 0.717) is 11.7 Å². The molecule has 10 heteroatoms. The molecule has 0 saturated carbocycles. The summed E-state index contributed by atoms with van der Waals surface area (Å²) >= 11 is 1.19. The highest BCUT2D eigenvalue weighted by atomic mass is 32.3. The fourth-order valence-electron chi connectivity index (χ4n) is 3.50. The van der Waals surface area contributed by atoms with Crippen molar-refractivity contribution in [3.63, 3.8) is 0 Å². The van der Waals surface area contributed by atoms with E-state index in [9.17, 15) is 17.1 Å². The Bertz CT molecular complexity index is 1310. The third kappa shape index (κ3) is 6.03. The van der Waals surface area contributed by atoms with E-state index in [2.05, 4.69) is 45.1 Å². The summed E-state index contributed by atoms with van der Waals surface area (Å²) in [6.45, 7) is 0.649. The number of nitrogens with one attached hydrogen (secondary N) is 2. The van der Waals surface area contributed by atoms with Gasteiger partial charge in [0.05, 0.1) is 4.90 Å². The van der Waals surface area contributed by atoms with Crippen molar-refractivity contribution in [1.29, 1.82) is 0 Å². The quantitative estimate of drug-likeness (QED) is 0.313. The molecule has 0 aliphatic carbocycles. The van der Waals surface area contributed by atoms with Crippen LogP contribution in [-0.2, 0) is 10.2 Å². The first-order chi connectivity index (χ1) is 16.4. The zero-order chi connectivity index (χ0) is 24.0. The molecule has 0 spiro atoms. The van der Waals surface area contributed by atoms with Crippen molar-refractivity contribution < 1.29 is 17.1 Å². The molecular weight excluding hydrogens is 475 g/mol. The predicted molar refractivity (Wildman–Crippen MR) is 130 cm³/mol. The number of rotatable bonds is 9. The van der Waals surface area contributed by atoms with Gasteiger partial charge in [-0.3, -0.25) is 10.1 Å². The van der Waals surface area contributed by atoms with E-state index in [4.69, 9.17) is 0 Å². The van der Waals surface area contributed by atoms with Crippen LogP contribution in [0.3, 0.4) is 0 Å². The maximum absolute atomic E-state index is 13.0. The standard InChI is InChI=1S/C24H21FN4O3S2/c25-34(31,32)20-13-11-19(12-14-20)22(30)27-24-29-28-23(33-24)26-16-15-21(17-7-3-1-4-8-17)18-9-5-2-6-10-18/h1-14,21H,15-16H2,(H,26,28)(H,27,29,30). The summed E-state index contributed by atoms with van der Waals surface area (Å²) in [5, 5.41) is 14.8. The van der Waals surface area contributed by atoms with Crippen molar-refractivity contribution >= 4 is 37.7 Å². The Balaban J connectivity index is 1.36. The predicted octanol–water partition coefficient (Wildman–Crippen LogP) is 5.08. The topological polar surface area (TPSA) is 101 Å². The van der Waals surface area contributed by atoms with Crippen LogP contribution in [0, 0.1) is 0 Å². The third-order valence-corrected chi connectivity index (χ3v) is 6.79. The van der Waals surface area contributed by atoms with Gasteiger partial charge in [-0.15, -0.1) is 14.1 Å². The van der Waals surface area contributed by atoms with Crippen molar-refractivity contribution in [3.05, 3.63) is 102 Å². The van der Waals surface area contributed by atoms with Crippen LogP contribution in [0.25, 0.3) is 0 Å². The van der Waals surface area contributed by atoms with Crippen LogP contribution in [0.2, 0.25) is 0 Å². The molecule has 0 atom stereocenters. The summed E-state index contributed by atoms with van der Waals surface area (Å²) in [5.41, 5.74) is 2.63. The van der Waals surface area contributed by atoms with Gasteiger partial charge in [-0.25, -0.2) is 0 Å². The van der Waals surface area contributed by atoms with Crippen molar-refractivity contribution in [3.8, 4) is 0 Å². The van der Waals surface area contributed by atoms with E-state index >= 15 is 0 Å². The lowest BCUT2D eigenvalue weighted by Crippen LogP contribution is -2.11. The lowest BCUT2D eigenvalue weighted by atomic mass is 9.88. The molecule has 0 bridgehead atoms. The molecule has 4 rings (SSSR count). The van der Waals surface area contributed by atoms with E-state index in [1.54, 1.807) is 0 Å². The van der Waals surface area contributed by atoms with Gasteiger partial charge >= 0.3 is 10.2 Å². The van der Waals surface area contributed by atoms with Gasteiger partial charge in [-0.2, -0.15) is 8.42 Å². The highest BCUT2D eigenvalue weighted by molar-refractivity contribution is 7.86. The number of aromatic nitrogens is 2. The van der Waals surface area contributed by atoms with Crippen LogP contribution in [0.1, 0.15) is 33.8 Å². The second kappa shape index (κ2) is 10.5. The van der Waals surface area contributed by atoms with Gasteiger partial charge in [0.1, 0.15) is 0 Å². The van der Waals surface area contributed by atoms with Crippen molar-refractivity contribution in [1.82, 2.24) is 10.2 Å². The third-order valence-electron chi connectivity index (χ3n) is 5.16. The lowest BCUT2D eigenvalue weighted by Gasteiger charge is -2.18. The molecule has 174 valence electrons. The smallest absolute Gasteiger partial charge is 0.332 e. The van der Waals surface area contributed by atoms with Gasteiger partial charge in [-0.05, 0) is 41.8 Å². The number of benzene rings is 3. The second-order valence-corrected chi connectivity index (χ2v) is 9.74. The number of hydrogen-bond donors (Lipinski definition) is 2. The number of hydrogen-bond acceptors (Lipinski definition) is 7. The zero-order valence-electron chi connectivity index (χ0n) is 17.9. The number of carbonyl (C=O) groups is 1. The van der Waals surface area contributed by atoms with Crippen LogP contribution in [0.15, 0.2) is 89.8 Å². The molecule has 0 saturated heterocycles. The molecule has 0 fully saturated rings. The van der Waals surface area contributed by atoms with Gasteiger partial charge in [-0.1, -0.05) is 72.0 Å². The second-order valence-electron chi connectivity index (χ2n) is 7.42. The minimum Gasteiger partial charge on any atom is -0.360 e. The Labute approximate surface area is 200 Å². The van der Waals surface area contributed by atoms with E-state index in [0.717, 1.165) is 18.6 Å². The maximum atomic E-state index is 13.0. The number of halogens is 1. The summed E-state index contributed by atoms with van der Waals surface area (Å²) < 4.78 is 34.8. The van der Waals surface area contributed by atoms with E-state index < -0.39 is 21.0 Å². The maximum Gasteiger partial charge on any atom is 0.332 e. The molecule has 0 aliphatic heterocycles. The minimum absolute atomic E-state index is 0.172. The summed E-state index contributed by atoms with van der Waals surface area (Å²) in [5.74, 6) is -0.281. The van der Waals surface area contributed by atoms with Crippen molar-refractivity contribution in [2.75, 3.05) is 17.2 Å². The Morgan fingerprint density at radius 3 is 1.97 bits per heavy atom. The van der Waals surface area contributed by atoms with E-state index in [-0.39, 0.29) is 16.6 Å². The normalized spacial score (nSPS) is 11.4. The Morgan fingerprint density at radius 2 is 1.41 bits per heavy atom. The highest BCUT2D eigenvalue weighted by Gasteiger charge is 2.16. The number of amides is 1. The largest absolute Gasteiger partial charge is 0.360 e.